The summed E-state index contributed by atoms with van der Waals surface area (Å²) in [4.78, 5) is 30.9. The Morgan fingerprint density at radius 2 is 1.83 bits per heavy atom. The number of nitrogens with zero attached hydrogens (tertiary/aromatic N) is 2. The number of hydrogen-bond donors (Lipinski definition) is 1. The van der Waals surface area contributed by atoms with Gasteiger partial charge in [-0.25, -0.2) is 0 Å². The van der Waals surface area contributed by atoms with E-state index in [1.165, 1.54) is 0 Å². The molecule has 2 aromatic carbocycles. The minimum atomic E-state index is -0.182. The molecule has 2 heterocycles. The van der Waals surface area contributed by atoms with Crippen LogP contribution in [0, 0.1) is 0 Å². The fourth-order valence-corrected chi connectivity index (χ4v) is 3.43. The number of fused-ring (bicyclic) bond motifs is 2. The van der Waals surface area contributed by atoms with Crippen LogP contribution in [0.15, 0.2) is 67.0 Å². The Kier molecular flexibility index (Phi) is 5.95. The number of nitrogens with one attached hydrogen (secondary N) is 1. The summed E-state index contributed by atoms with van der Waals surface area (Å²) in [6.07, 6.45) is 3.52. The van der Waals surface area contributed by atoms with Crippen molar-refractivity contribution in [1.82, 2.24) is 10.3 Å². The lowest BCUT2D eigenvalue weighted by atomic mass is 10.1. The molecule has 0 bridgehead atoms. The molecule has 4 rings (SSSR count). The standard InChI is InChI=1S/C23H20ClN3O3/c24-18-5-6-21-19(13-18)27(15-17-3-1-2-4-20(17)30-21)23(29)8-7-22(28)26-14-16-9-11-25-12-10-16/h1-6,9-13H,7-8,14-15H2,(H,26,28). The number of hydrogen-bond acceptors (Lipinski definition) is 4. The van der Waals surface area contributed by atoms with Crippen molar-refractivity contribution in [3.8, 4) is 11.5 Å². The predicted molar refractivity (Wildman–Crippen MR) is 114 cm³/mol. The monoisotopic (exact) mass is 421 g/mol. The van der Waals surface area contributed by atoms with Crippen LogP contribution in [0.3, 0.4) is 0 Å². The van der Waals surface area contributed by atoms with Crippen LogP contribution in [-0.2, 0) is 22.7 Å². The topological polar surface area (TPSA) is 71.5 Å². The number of carbonyl (C=O) groups excluding carboxylic acids is 2. The molecule has 1 aromatic heterocycles. The van der Waals surface area contributed by atoms with E-state index in [0.29, 0.717) is 35.3 Å². The van der Waals surface area contributed by atoms with E-state index in [4.69, 9.17) is 16.3 Å². The number of para-hydroxylation sites is 1. The molecular formula is C23H20ClN3O3. The van der Waals surface area contributed by atoms with Gasteiger partial charge in [0.05, 0.1) is 12.2 Å². The molecule has 1 aliphatic heterocycles. The average molecular weight is 422 g/mol. The second-order valence-electron chi connectivity index (χ2n) is 6.93. The molecule has 0 fully saturated rings. The normalized spacial score (nSPS) is 12.2. The lowest BCUT2D eigenvalue weighted by molar-refractivity contribution is -0.125. The van der Waals surface area contributed by atoms with Gasteiger partial charge in [-0.2, -0.15) is 0 Å². The zero-order valence-electron chi connectivity index (χ0n) is 16.2. The summed E-state index contributed by atoms with van der Waals surface area (Å²) in [6, 6.07) is 16.4. The first-order valence-electron chi connectivity index (χ1n) is 9.61. The molecule has 0 saturated carbocycles. The third kappa shape index (κ3) is 4.60. The number of anilines is 1. The second-order valence-corrected chi connectivity index (χ2v) is 7.37. The van der Waals surface area contributed by atoms with Crippen molar-refractivity contribution in [3.63, 3.8) is 0 Å². The van der Waals surface area contributed by atoms with Crippen molar-refractivity contribution in [2.45, 2.75) is 25.9 Å². The number of benzene rings is 2. The Labute approximate surface area is 179 Å². The van der Waals surface area contributed by atoms with E-state index in [2.05, 4.69) is 10.3 Å². The van der Waals surface area contributed by atoms with Crippen LogP contribution in [0.2, 0.25) is 5.02 Å². The van der Waals surface area contributed by atoms with Gasteiger partial charge in [0.1, 0.15) is 5.75 Å². The molecular weight excluding hydrogens is 402 g/mol. The molecule has 7 heteroatoms. The van der Waals surface area contributed by atoms with Gasteiger partial charge in [-0.3, -0.25) is 14.6 Å². The third-order valence-corrected chi connectivity index (χ3v) is 5.07. The Morgan fingerprint density at radius 3 is 2.67 bits per heavy atom. The number of pyridine rings is 1. The van der Waals surface area contributed by atoms with Crippen LogP contribution in [0.5, 0.6) is 11.5 Å². The minimum absolute atomic E-state index is 0.0797. The van der Waals surface area contributed by atoms with E-state index in [0.717, 1.165) is 11.1 Å². The highest BCUT2D eigenvalue weighted by atomic mass is 35.5. The maximum absolute atomic E-state index is 13.1. The highest BCUT2D eigenvalue weighted by molar-refractivity contribution is 6.31. The highest BCUT2D eigenvalue weighted by Gasteiger charge is 2.25. The Balaban J connectivity index is 1.46. The number of ether oxygens (including phenoxy) is 1. The quantitative estimate of drug-likeness (QED) is 0.659. The molecule has 1 aliphatic rings. The summed E-state index contributed by atoms with van der Waals surface area (Å²) < 4.78 is 6.01. The molecule has 3 aromatic rings. The molecule has 0 spiro atoms. The lowest BCUT2D eigenvalue weighted by Crippen LogP contribution is -2.31. The summed E-state index contributed by atoms with van der Waals surface area (Å²) in [5.41, 5.74) is 2.44. The van der Waals surface area contributed by atoms with Crippen molar-refractivity contribution in [2.75, 3.05) is 4.90 Å². The molecule has 0 radical (unpaired) electrons. The van der Waals surface area contributed by atoms with Crippen LogP contribution in [-0.4, -0.2) is 16.8 Å². The van der Waals surface area contributed by atoms with E-state index in [1.807, 2.05) is 36.4 Å². The van der Waals surface area contributed by atoms with Crippen molar-refractivity contribution in [1.29, 1.82) is 0 Å². The summed E-state index contributed by atoms with van der Waals surface area (Å²) in [7, 11) is 0. The highest BCUT2D eigenvalue weighted by Crippen LogP contribution is 2.40. The fraction of sp³-hybridized carbons (Fsp3) is 0.174. The van der Waals surface area contributed by atoms with Crippen LogP contribution in [0.4, 0.5) is 5.69 Å². The zero-order valence-corrected chi connectivity index (χ0v) is 16.9. The lowest BCUT2D eigenvalue weighted by Gasteiger charge is -2.22. The number of amides is 2. The molecule has 6 nitrogen and oxygen atoms in total. The molecule has 0 aliphatic carbocycles. The fourth-order valence-electron chi connectivity index (χ4n) is 3.26. The van der Waals surface area contributed by atoms with Gasteiger partial charge < -0.3 is 15.0 Å². The van der Waals surface area contributed by atoms with E-state index < -0.39 is 0 Å². The van der Waals surface area contributed by atoms with E-state index in [-0.39, 0.29) is 24.7 Å². The van der Waals surface area contributed by atoms with Gasteiger partial charge in [-0.1, -0.05) is 29.8 Å². The molecule has 1 N–H and O–H groups in total. The molecule has 152 valence electrons. The van der Waals surface area contributed by atoms with Crippen molar-refractivity contribution in [3.05, 3.63) is 83.1 Å². The van der Waals surface area contributed by atoms with Crippen LogP contribution >= 0.6 is 11.6 Å². The molecule has 0 saturated heterocycles. The smallest absolute Gasteiger partial charge is 0.227 e. The largest absolute Gasteiger partial charge is 0.455 e. The Morgan fingerprint density at radius 1 is 1.03 bits per heavy atom. The predicted octanol–water partition coefficient (Wildman–Crippen LogP) is 4.47. The van der Waals surface area contributed by atoms with Crippen LogP contribution < -0.4 is 15.0 Å². The maximum Gasteiger partial charge on any atom is 0.227 e. The zero-order chi connectivity index (χ0) is 20.9. The molecule has 30 heavy (non-hydrogen) atoms. The van der Waals surface area contributed by atoms with E-state index in [9.17, 15) is 9.59 Å². The van der Waals surface area contributed by atoms with Gasteiger partial charge in [-0.15, -0.1) is 0 Å². The first kappa shape index (κ1) is 19.9. The van der Waals surface area contributed by atoms with Crippen LogP contribution in [0.25, 0.3) is 0 Å². The van der Waals surface area contributed by atoms with Gasteiger partial charge in [0, 0.05) is 42.4 Å². The summed E-state index contributed by atoms with van der Waals surface area (Å²) in [5, 5.41) is 3.34. The van der Waals surface area contributed by atoms with Gasteiger partial charge in [-0.05, 0) is 42.0 Å². The van der Waals surface area contributed by atoms with Gasteiger partial charge in [0.2, 0.25) is 11.8 Å². The summed E-state index contributed by atoms with van der Waals surface area (Å²) in [6.45, 7) is 0.750. The number of rotatable bonds is 5. The molecule has 2 amide bonds. The minimum Gasteiger partial charge on any atom is -0.455 e. The Bertz CT molecular complexity index is 1070. The van der Waals surface area contributed by atoms with Gasteiger partial charge in [0.15, 0.2) is 5.75 Å². The molecule has 0 unspecified atom stereocenters. The molecule has 0 atom stereocenters. The van der Waals surface area contributed by atoms with Gasteiger partial charge >= 0.3 is 0 Å². The van der Waals surface area contributed by atoms with Crippen LogP contribution in [0.1, 0.15) is 24.0 Å². The average Bonchev–Trinajstić information content (AvgIpc) is 2.93. The number of halogens is 1. The van der Waals surface area contributed by atoms with Crippen molar-refractivity contribution in [2.24, 2.45) is 0 Å². The number of aromatic nitrogens is 1. The third-order valence-electron chi connectivity index (χ3n) is 4.84. The summed E-state index contributed by atoms with van der Waals surface area (Å²) >= 11 is 6.18. The summed E-state index contributed by atoms with van der Waals surface area (Å²) in [5.74, 6) is 0.905. The van der Waals surface area contributed by atoms with Gasteiger partial charge in [0.25, 0.3) is 0 Å². The first-order valence-corrected chi connectivity index (χ1v) is 9.99. The second kappa shape index (κ2) is 8.97. The Hall–Kier alpha value is -3.38. The maximum atomic E-state index is 13.1. The SMILES string of the molecule is O=C(CCC(=O)N1Cc2ccccc2Oc2ccc(Cl)cc21)NCc1ccncc1. The van der Waals surface area contributed by atoms with E-state index in [1.54, 1.807) is 35.5 Å². The number of carbonyl (C=O) groups is 2. The first-order chi connectivity index (χ1) is 14.6. The van der Waals surface area contributed by atoms with Crippen molar-refractivity contribution < 1.29 is 14.3 Å². The van der Waals surface area contributed by atoms with E-state index >= 15 is 0 Å². The van der Waals surface area contributed by atoms with Crippen molar-refractivity contribution >= 4 is 29.1 Å².